The van der Waals surface area contributed by atoms with E-state index >= 15 is 4.39 Å². The molecule has 11 nitrogen and oxygen atoms in total. The number of primary amides is 1. The molecule has 12 heteroatoms. The highest BCUT2D eigenvalue weighted by atomic mass is 19.1. The minimum absolute atomic E-state index is 0.0931. The van der Waals surface area contributed by atoms with Gasteiger partial charge in [-0.15, -0.1) is 0 Å². The van der Waals surface area contributed by atoms with Gasteiger partial charge in [-0.2, -0.15) is 0 Å². The zero-order valence-corrected chi connectivity index (χ0v) is 31.5. The second-order valence-electron chi connectivity index (χ2n) is 11.8. The first-order valence-corrected chi connectivity index (χ1v) is 16.8. The van der Waals surface area contributed by atoms with Crippen LogP contribution in [0.4, 0.5) is 21.5 Å². The first-order valence-electron chi connectivity index (χ1n) is 16.8. The van der Waals surface area contributed by atoms with Gasteiger partial charge in [-0.1, -0.05) is 56.7 Å². The average molecular weight is 715 g/mol. The third-order valence-corrected chi connectivity index (χ3v) is 7.37. The normalized spacial score (nSPS) is 11.6. The van der Waals surface area contributed by atoms with Gasteiger partial charge >= 0.3 is 0 Å². The van der Waals surface area contributed by atoms with Gasteiger partial charge in [0.05, 0.1) is 28.5 Å². The largest absolute Gasteiger partial charge is 0.451 e. The number of aromatic amines is 1. The van der Waals surface area contributed by atoms with Crippen LogP contribution in [0.3, 0.4) is 0 Å². The second kappa shape index (κ2) is 21.5. The molecule has 4 aromatic carbocycles. The van der Waals surface area contributed by atoms with Gasteiger partial charge in [0, 0.05) is 39.5 Å². The molecule has 4 N–H and O–H groups in total. The third-order valence-electron chi connectivity index (χ3n) is 7.37. The maximum Gasteiger partial charge on any atom is 0.206 e. The van der Waals surface area contributed by atoms with Crippen molar-refractivity contribution in [1.29, 1.82) is 0 Å². The molecule has 278 valence electrons. The number of rotatable bonds is 7. The molecule has 0 bridgehead atoms. The Hall–Kier alpha value is -5.75. The number of imidazole rings is 1. The van der Waals surface area contributed by atoms with E-state index in [2.05, 4.69) is 34.9 Å². The molecule has 0 fully saturated rings. The molecule has 1 aliphatic rings. The van der Waals surface area contributed by atoms with Crippen LogP contribution in [0.2, 0.25) is 0 Å². The minimum Gasteiger partial charge on any atom is -0.451 e. The number of anilines is 3. The standard InChI is InChI=1S/C26H27FN2O3.C8H8N2.C3H8.C2H5NO.CH3NO/c1-16(15-30)13-29-22-11-19-8-6-7-9-20(19)12-23(22)32-26-24(29)17(2)10-21(27)25(26)28(4)14-18(3)31-5;1-6-9-7-4-2-3-5-8(7)10-6;1-3-2;1-3-2-4;2-1-3/h6-13,15,18H,14H2,1-5H3;2-5H,1H3,(H,9,10);3H2,1-2H3;2H,1H3,(H,3,4);1H,(H2,2,3)/b16-13-;;;;. The summed E-state index contributed by atoms with van der Waals surface area (Å²) in [6, 6.07) is 21.5. The molecule has 0 aliphatic carbocycles. The number of methoxy groups -OCH3 is 1. The van der Waals surface area contributed by atoms with Crippen LogP contribution in [-0.4, -0.2) is 62.9 Å². The molecule has 0 saturated heterocycles. The maximum absolute atomic E-state index is 15.3. The Bertz CT molecular complexity index is 1910. The minimum atomic E-state index is -0.368. The molecule has 6 rings (SSSR count). The van der Waals surface area contributed by atoms with Crippen LogP contribution in [0.15, 0.2) is 78.5 Å². The van der Waals surface area contributed by atoms with E-state index in [9.17, 15) is 4.79 Å². The number of para-hydroxylation sites is 2. The van der Waals surface area contributed by atoms with Gasteiger partial charge in [0.15, 0.2) is 17.3 Å². The highest BCUT2D eigenvalue weighted by molar-refractivity contribution is 5.95. The van der Waals surface area contributed by atoms with E-state index in [-0.39, 0.29) is 18.3 Å². The van der Waals surface area contributed by atoms with Gasteiger partial charge in [0.2, 0.25) is 12.8 Å². The fraction of sp³-hybridized carbons (Fsp3) is 0.300. The summed E-state index contributed by atoms with van der Waals surface area (Å²) in [5.41, 5.74) is 9.44. The highest BCUT2D eigenvalue weighted by Crippen LogP contribution is 2.54. The molecule has 0 radical (unpaired) electrons. The van der Waals surface area contributed by atoms with Crippen molar-refractivity contribution < 1.29 is 28.2 Å². The van der Waals surface area contributed by atoms with E-state index in [0.717, 1.165) is 39.6 Å². The van der Waals surface area contributed by atoms with Crippen LogP contribution in [-0.2, 0) is 19.1 Å². The highest BCUT2D eigenvalue weighted by Gasteiger charge is 2.31. The van der Waals surface area contributed by atoms with E-state index < -0.39 is 0 Å². The molecule has 1 unspecified atom stereocenters. The second-order valence-corrected chi connectivity index (χ2v) is 11.8. The summed E-state index contributed by atoms with van der Waals surface area (Å²) in [7, 11) is 5.01. The van der Waals surface area contributed by atoms with Gasteiger partial charge in [0.1, 0.15) is 17.8 Å². The number of carbonyl (C=O) groups excluding carboxylic acids is 3. The zero-order chi connectivity index (χ0) is 38.8. The van der Waals surface area contributed by atoms with Crippen molar-refractivity contribution in [3.8, 4) is 11.5 Å². The maximum atomic E-state index is 15.3. The lowest BCUT2D eigenvalue weighted by Crippen LogP contribution is -2.30. The summed E-state index contributed by atoms with van der Waals surface area (Å²) in [6.07, 6.45) is 4.61. The first kappa shape index (κ1) is 42.4. The lowest BCUT2D eigenvalue weighted by Gasteiger charge is -2.35. The van der Waals surface area contributed by atoms with Crippen LogP contribution in [0, 0.1) is 19.7 Å². The smallest absolute Gasteiger partial charge is 0.206 e. The number of nitrogens with two attached hydrogens (primary N) is 1. The van der Waals surface area contributed by atoms with Crippen molar-refractivity contribution in [2.45, 2.75) is 54.1 Å². The molecule has 5 aromatic rings. The van der Waals surface area contributed by atoms with Crippen molar-refractivity contribution in [1.82, 2.24) is 15.3 Å². The molecular weight excluding hydrogens is 663 g/mol. The van der Waals surface area contributed by atoms with Crippen molar-refractivity contribution in [3.63, 3.8) is 0 Å². The summed E-state index contributed by atoms with van der Waals surface area (Å²) in [5, 5.41) is 4.31. The molecule has 0 spiro atoms. The van der Waals surface area contributed by atoms with Crippen LogP contribution >= 0.6 is 0 Å². The number of carbonyl (C=O) groups is 3. The van der Waals surface area contributed by atoms with E-state index in [4.69, 9.17) is 19.1 Å². The molecule has 2 heterocycles. The Kier molecular flexibility index (Phi) is 17.5. The summed E-state index contributed by atoms with van der Waals surface area (Å²) >= 11 is 0. The monoisotopic (exact) mass is 714 g/mol. The number of halogens is 1. The van der Waals surface area contributed by atoms with Crippen LogP contribution < -0.4 is 25.6 Å². The average Bonchev–Trinajstić information content (AvgIpc) is 3.51. The number of aldehydes is 1. The van der Waals surface area contributed by atoms with Crippen molar-refractivity contribution >= 4 is 58.0 Å². The number of fused-ring (bicyclic) bond motifs is 4. The van der Waals surface area contributed by atoms with Crippen molar-refractivity contribution in [3.05, 3.63) is 95.7 Å². The molecule has 0 saturated carbocycles. The SMILES string of the molecule is CCC.CNC=O.COC(C)CN(C)c1c(F)cc(C)c2c1Oc1cc3ccccc3cc1N2/C=C(/C)C=O.Cc1nc2ccccc2[nH]1.NC=O. The first-order chi connectivity index (χ1) is 24.9. The number of likely N-dealkylation sites (N-methyl/N-ethyl adjacent to an activating group) is 1. The zero-order valence-electron chi connectivity index (χ0n) is 31.5. The molecule has 2 amide bonds. The Morgan fingerprint density at radius 2 is 1.65 bits per heavy atom. The number of aromatic nitrogens is 2. The number of nitrogens with one attached hydrogen (secondary N) is 2. The number of ether oxygens (including phenoxy) is 2. The number of hydrogen-bond acceptors (Lipinski definition) is 8. The fourth-order valence-corrected chi connectivity index (χ4v) is 5.19. The Labute approximate surface area is 305 Å². The van der Waals surface area contributed by atoms with Gasteiger partial charge in [-0.25, -0.2) is 9.37 Å². The predicted octanol–water partition coefficient (Wildman–Crippen LogP) is 7.86. The number of amides is 2. The van der Waals surface area contributed by atoms with E-state index in [1.54, 1.807) is 27.3 Å². The molecule has 52 heavy (non-hydrogen) atoms. The van der Waals surface area contributed by atoms with Crippen LogP contribution in [0.5, 0.6) is 11.5 Å². The van der Waals surface area contributed by atoms with Gasteiger partial charge < -0.3 is 35.3 Å². The van der Waals surface area contributed by atoms with E-state index in [1.165, 1.54) is 12.5 Å². The third kappa shape index (κ3) is 11.4. The molecule has 1 aromatic heterocycles. The summed E-state index contributed by atoms with van der Waals surface area (Å²) in [4.78, 5) is 40.3. The van der Waals surface area contributed by atoms with Gasteiger partial charge in [-0.05, 0) is 74.4 Å². The number of nitrogens with zero attached hydrogens (tertiary/aromatic N) is 3. The van der Waals surface area contributed by atoms with E-state index in [1.807, 2.05) is 98.3 Å². The Morgan fingerprint density at radius 1 is 1.08 bits per heavy atom. The summed E-state index contributed by atoms with van der Waals surface area (Å²) in [6.45, 7) is 12.2. The number of H-pyrrole nitrogens is 1. The number of hydrogen-bond donors (Lipinski definition) is 3. The molecule has 1 atom stereocenters. The van der Waals surface area contributed by atoms with Gasteiger partial charge in [0.25, 0.3) is 0 Å². The van der Waals surface area contributed by atoms with Crippen molar-refractivity contribution in [2.24, 2.45) is 5.73 Å². The number of allylic oxidation sites excluding steroid dienone is 1. The lowest BCUT2D eigenvalue weighted by molar-refractivity contribution is -0.109. The van der Waals surface area contributed by atoms with E-state index in [0.29, 0.717) is 47.0 Å². The lowest BCUT2D eigenvalue weighted by atomic mass is 10.0. The quantitative estimate of drug-likeness (QED) is 0.114. The van der Waals surface area contributed by atoms with Crippen LogP contribution in [0.1, 0.15) is 45.5 Å². The topological polar surface area (TPSA) is 143 Å². The summed E-state index contributed by atoms with van der Waals surface area (Å²) < 4.78 is 27.0. The Balaban J connectivity index is 0.000000381. The molecule has 1 aliphatic heterocycles. The van der Waals surface area contributed by atoms with Gasteiger partial charge in [-0.3, -0.25) is 14.4 Å². The molecular formula is C40H51FN6O5. The Morgan fingerprint density at radius 3 is 2.21 bits per heavy atom. The summed E-state index contributed by atoms with van der Waals surface area (Å²) in [5.74, 6) is 1.63. The fourth-order valence-electron chi connectivity index (χ4n) is 5.19. The predicted molar refractivity (Wildman–Crippen MR) is 209 cm³/mol. The van der Waals surface area contributed by atoms with Crippen molar-refractivity contribution in [2.75, 3.05) is 37.5 Å². The number of benzene rings is 4. The number of aryl methyl sites for hydroxylation is 2. The van der Waals surface area contributed by atoms with Crippen LogP contribution in [0.25, 0.3) is 21.8 Å².